The molecule has 0 fully saturated rings. The van der Waals surface area contributed by atoms with Crippen LogP contribution in [0.2, 0.25) is 0 Å². The first-order chi connectivity index (χ1) is 10.3. The fourth-order valence-electron chi connectivity index (χ4n) is 2.41. The van der Waals surface area contributed by atoms with Crippen LogP contribution in [0.15, 0.2) is 51.6 Å². The zero-order chi connectivity index (χ0) is 14.7. The van der Waals surface area contributed by atoms with Gasteiger partial charge in [0.25, 0.3) is 0 Å². The minimum Gasteiger partial charge on any atom is -0.305 e. The van der Waals surface area contributed by atoms with E-state index >= 15 is 0 Å². The maximum Gasteiger partial charge on any atom is 0.0771 e. The highest BCUT2D eigenvalue weighted by atomic mass is 79.9. The van der Waals surface area contributed by atoms with Crippen molar-refractivity contribution in [3.63, 3.8) is 0 Å². The van der Waals surface area contributed by atoms with Crippen molar-refractivity contribution < 1.29 is 0 Å². The van der Waals surface area contributed by atoms with Gasteiger partial charge in [-0.15, -0.1) is 0 Å². The second-order valence-corrected chi connectivity index (χ2v) is 6.63. The molecule has 1 unspecified atom stereocenters. The summed E-state index contributed by atoms with van der Waals surface area (Å²) in [7, 11) is 0. The second kappa shape index (κ2) is 6.69. The number of halogens is 1. The molecule has 0 saturated heterocycles. The van der Waals surface area contributed by atoms with Gasteiger partial charge in [0.05, 0.1) is 17.3 Å². The van der Waals surface area contributed by atoms with E-state index in [0.717, 1.165) is 34.0 Å². The molecule has 4 heteroatoms. The number of nitrogens with zero attached hydrogens (tertiary/aromatic N) is 1. The molecule has 0 radical (unpaired) electrons. The minimum absolute atomic E-state index is 0.134. The van der Waals surface area contributed by atoms with E-state index in [1.54, 1.807) is 11.3 Å². The molecule has 108 valence electrons. The number of thiophene rings is 1. The molecule has 21 heavy (non-hydrogen) atoms. The first-order valence-electron chi connectivity index (χ1n) is 7.10. The van der Waals surface area contributed by atoms with Gasteiger partial charge in [0.15, 0.2) is 0 Å². The van der Waals surface area contributed by atoms with E-state index in [2.05, 4.69) is 63.2 Å². The summed E-state index contributed by atoms with van der Waals surface area (Å²) >= 11 is 5.42. The molecule has 3 aromatic rings. The minimum atomic E-state index is 0.134. The number of nitrogens with one attached hydrogen (secondary N) is 1. The summed E-state index contributed by atoms with van der Waals surface area (Å²) in [4.78, 5) is 4.88. The summed E-state index contributed by atoms with van der Waals surface area (Å²) in [6, 6.07) is 12.7. The van der Waals surface area contributed by atoms with Crippen molar-refractivity contribution in [1.82, 2.24) is 10.3 Å². The summed E-state index contributed by atoms with van der Waals surface area (Å²) < 4.78 is 1.06. The molecule has 0 amide bonds. The highest BCUT2D eigenvalue weighted by Gasteiger charge is 2.18. The summed E-state index contributed by atoms with van der Waals surface area (Å²) in [5.74, 6) is 0. The average Bonchev–Trinajstić information content (AvgIpc) is 3.02. The Bertz CT molecular complexity index is 725. The lowest BCUT2D eigenvalue weighted by Gasteiger charge is -2.19. The van der Waals surface area contributed by atoms with Crippen molar-refractivity contribution >= 4 is 38.2 Å². The molecule has 1 N–H and O–H groups in total. The molecular formula is C17H17BrN2S. The zero-order valence-corrected chi connectivity index (χ0v) is 14.2. The molecule has 0 spiro atoms. The van der Waals surface area contributed by atoms with Crippen LogP contribution in [0.4, 0.5) is 0 Å². The first-order valence-corrected chi connectivity index (χ1v) is 8.84. The molecule has 0 aliphatic heterocycles. The maximum atomic E-state index is 4.88. The number of aromatic nitrogens is 1. The smallest absolute Gasteiger partial charge is 0.0771 e. The van der Waals surface area contributed by atoms with Crippen molar-refractivity contribution in [2.45, 2.75) is 19.4 Å². The van der Waals surface area contributed by atoms with Crippen molar-refractivity contribution in [2.75, 3.05) is 6.54 Å². The Morgan fingerprint density at radius 1 is 1.29 bits per heavy atom. The van der Waals surface area contributed by atoms with Crippen LogP contribution in [0.3, 0.4) is 0 Å². The van der Waals surface area contributed by atoms with E-state index in [1.807, 2.05) is 12.1 Å². The van der Waals surface area contributed by atoms with Crippen LogP contribution in [0.25, 0.3) is 10.9 Å². The number of hydrogen-bond acceptors (Lipinski definition) is 3. The first kappa shape index (κ1) is 14.7. The largest absolute Gasteiger partial charge is 0.305 e. The van der Waals surface area contributed by atoms with Crippen molar-refractivity contribution in [1.29, 1.82) is 0 Å². The topological polar surface area (TPSA) is 24.9 Å². The quantitative estimate of drug-likeness (QED) is 0.680. The lowest BCUT2D eigenvalue weighted by atomic mass is 10.1. The Morgan fingerprint density at radius 2 is 2.14 bits per heavy atom. The van der Waals surface area contributed by atoms with Gasteiger partial charge in [-0.3, -0.25) is 0 Å². The Labute approximate surface area is 137 Å². The van der Waals surface area contributed by atoms with E-state index in [-0.39, 0.29) is 6.04 Å². The molecule has 0 bridgehead atoms. The van der Waals surface area contributed by atoms with E-state index in [1.165, 1.54) is 5.56 Å². The molecule has 2 heterocycles. The third-order valence-corrected chi connectivity index (χ3v) is 4.79. The van der Waals surface area contributed by atoms with Crippen LogP contribution in [-0.4, -0.2) is 11.5 Å². The van der Waals surface area contributed by atoms with E-state index < -0.39 is 0 Å². The van der Waals surface area contributed by atoms with Crippen molar-refractivity contribution in [2.24, 2.45) is 0 Å². The molecule has 3 rings (SSSR count). The van der Waals surface area contributed by atoms with E-state index in [4.69, 9.17) is 4.98 Å². The summed E-state index contributed by atoms with van der Waals surface area (Å²) in [5, 5.41) is 9.07. The Kier molecular flexibility index (Phi) is 4.68. The standard InChI is InChI=1S/C17H17BrN2S/c1-2-8-19-16(13-7-9-21-11-13)17-14(18)10-12-5-3-4-6-15(12)20-17/h3-7,9-11,16,19H,2,8H2,1H3. The van der Waals surface area contributed by atoms with Gasteiger partial charge in [0.2, 0.25) is 0 Å². The Hall–Kier alpha value is -1.23. The molecule has 0 saturated carbocycles. The van der Waals surface area contributed by atoms with Gasteiger partial charge in [-0.05, 0) is 63.4 Å². The normalized spacial score (nSPS) is 12.7. The van der Waals surface area contributed by atoms with Crippen LogP contribution in [0.5, 0.6) is 0 Å². The van der Waals surface area contributed by atoms with Crippen molar-refractivity contribution in [3.8, 4) is 0 Å². The van der Waals surface area contributed by atoms with Crippen LogP contribution in [0.1, 0.15) is 30.6 Å². The number of fused-ring (bicyclic) bond motifs is 1. The number of pyridine rings is 1. The molecule has 0 aliphatic carbocycles. The molecule has 1 aromatic carbocycles. The van der Waals surface area contributed by atoms with Gasteiger partial charge in [-0.2, -0.15) is 11.3 Å². The van der Waals surface area contributed by atoms with Crippen LogP contribution >= 0.6 is 27.3 Å². The number of benzene rings is 1. The van der Waals surface area contributed by atoms with Gasteiger partial charge >= 0.3 is 0 Å². The van der Waals surface area contributed by atoms with Crippen LogP contribution < -0.4 is 5.32 Å². The zero-order valence-electron chi connectivity index (χ0n) is 11.8. The number of rotatable bonds is 5. The number of hydrogen-bond donors (Lipinski definition) is 1. The third kappa shape index (κ3) is 3.18. The number of para-hydroxylation sites is 1. The fourth-order valence-corrected chi connectivity index (χ4v) is 3.66. The lowest BCUT2D eigenvalue weighted by Crippen LogP contribution is -2.24. The molecular weight excluding hydrogens is 344 g/mol. The van der Waals surface area contributed by atoms with Crippen molar-refractivity contribution in [3.05, 3.63) is 62.9 Å². The van der Waals surface area contributed by atoms with Gasteiger partial charge in [0.1, 0.15) is 0 Å². The summed E-state index contributed by atoms with van der Waals surface area (Å²) in [6.45, 7) is 3.15. The summed E-state index contributed by atoms with van der Waals surface area (Å²) in [6.07, 6.45) is 1.10. The second-order valence-electron chi connectivity index (χ2n) is 4.99. The van der Waals surface area contributed by atoms with Gasteiger partial charge in [-0.1, -0.05) is 25.1 Å². The van der Waals surface area contributed by atoms with Crippen LogP contribution in [-0.2, 0) is 0 Å². The van der Waals surface area contributed by atoms with E-state index in [0.29, 0.717) is 0 Å². The predicted molar refractivity (Wildman–Crippen MR) is 93.9 cm³/mol. The van der Waals surface area contributed by atoms with E-state index in [9.17, 15) is 0 Å². The van der Waals surface area contributed by atoms with Gasteiger partial charge in [-0.25, -0.2) is 4.98 Å². The summed E-state index contributed by atoms with van der Waals surface area (Å²) in [5.41, 5.74) is 3.37. The monoisotopic (exact) mass is 360 g/mol. The molecule has 0 aliphatic rings. The Morgan fingerprint density at radius 3 is 2.90 bits per heavy atom. The fraction of sp³-hybridized carbons (Fsp3) is 0.235. The highest BCUT2D eigenvalue weighted by Crippen LogP contribution is 2.30. The molecule has 2 aromatic heterocycles. The Balaban J connectivity index is 2.07. The third-order valence-electron chi connectivity index (χ3n) is 3.45. The predicted octanol–water partition coefficient (Wildman–Crippen LogP) is 5.15. The lowest BCUT2D eigenvalue weighted by molar-refractivity contribution is 0.587. The molecule has 2 nitrogen and oxygen atoms in total. The van der Waals surface area contributed by atoms with Gasteiger partial charge < -0.3 is 5.32 Å². The SMILES string of the molecule is CCCNC(c1ccsc1)c1nc2ccccc2cc1Br. The van der Waals surface area contributed by atoms with Crippen LogP contribution in [0, 0.1) is 0 Å². The maximum absolute atomic E-state index is 4.88. The molecule has 1 atom stereocenters. The average molecular weight is 361 g/mol. The van der Waals surface area contributed by atoms with Gasteiger partial charge in [0, 0.05) is 9.86 Å². The highest BCUT2D eigenvalue weighted by molar-refractivity contribution is 9.10.